The van der Waals surface area contributed by atoms with Crippen molar-refractivity contribution in [3.63, 3.8) is 0 Å². The highest BCUT2D eigenvalue weighted by molar-refractivity contribution is 5.49. The van der Waals surface area contributed by atoms with Gasteiger partial charge in [-0.25, -0.2) is 4.98 Å². The van der Waals surface area contributed by atoms with Crippen molar-refractivity contribution in [1.82, 2.24) is 9.97 Å². The van der Waals surface area contributed by atoms with E-state index < -0.39 is 0 Å². The van der Waals surface area contributed by atoms with Crippen molar-refractivity contribution in [3.05, 3.63) is 48.4 Å². The van der Waals surface area contributed by atoms with Crippen LogP contribution in [-0.4, -0.2) is 35.3 Å². The topological polar surface area (TPSA) is 61.3 Å². The molecule has 0 spiro atoms. The van der Waals surface area contributed by atoms with Crippen LogP contribution in [-0.2, 0) is 6.54 Å². The smallest absolute Gasteiger partial charge is 0.126 e. The van der Waals surface area contributed by atoms with Gasteiger partial charge in [0.2, 0.25) is 0 Å². The van der Waals surface area contributed by atoms with Crippen molar-refractivity contribution in [2.45, 2.75) is 6.54 Å². The number of hydrogen-bond donors (Lipinski definition) is 2. The first-order chi connectivity index (χ1) is 9.29. The lowest BCUT2D eigenvalue weighted by atomic mass is 10.2. The number of nitrogens with one attached hydrogen (secondary N) is 1. The fourth-order valence-corrected chi connectivity index (χ4v) is 1.69. The van der Waals surface area contributed by atoms with Gasteiger partial charge in [-0.05, 0) is 29.8 Å². The number of hydrogen-bond acceptors (Lipinski definition) is 5. The average molecular weight is 258 g/mol. The summed E-state index contributed by atoms with van der Waals surface area (Å²) < 4.78 is 0. The Balaban J connectivity index is 1.92. The third-order valence-electron chi connectivity index (χ3n) is 2.85. The second-order valence-corrected chi connectivity index (χ2v) is 4.26. The van der Waals surface area contributed by atoms with Crippen LogP contribution in [0.3, 0.4) is 0 Å². The van der Waals surface area contributed by atoms with Gasteiger partial charge in [0.15, 0.2) is 0 Å². The molecule has 0 amide bonds. The van der Waals surface area contributed by atoms with Crippen LogP contribution in [0.4, 0.5) is 11.5 Å². The lowest BCUT2D eigenvalue weighted by Gasteiger charge is -2.17. The molecule has 2 heterocycles. The number of aromatic nitrogens is 2. The molecule has 2 aromatic rings. The molecule has 2 aromatic heterocycles. The Bertz CT molecular complexity index is 487. The quantitative estimate of drug-likeness (QED) is 0.822. The second kappa shape index (κ2) is 6.70. The van der Waals surface area contributed by atoms with Gasteiger partial charge in [0, 0.05) is 32.5 Å². The summed E-state index contributed by atoms with van der Waals surface area (Å²) in [6.45, 7) is 1.46. The van der Waals surface area contributed by atoms with E-state index in [1.807, 2.05) is 36.2 Å². The molecule has 0 radical (unpaired) electrons. The molecule has 0 saturated heterocycles. The fourth-order valence-electron chi connectivity index (χ4n) is 1.69. The van der Waals surface area contributed by atoms with E-state index in [0.717, 1.165) is 18.1 Å². The van der Waals surface area contributed by atoms with Crippen LogP contribution in [0.5, 0.6) is 0 Å². The van der Waals surface area contributed by atoms with Crippen molar-refractivity contribution in [2.75, 3.05) is 30.4 Å². The maximum atomic E-state index is 8.88. The highest BCUT2D eigenvalue weighted by atomic mass is 16.3. The van der Waals surface area contributed by atoms with E-state index in [9.17, 15) is 0 Å². The molecule has 0 aromatic carbocycles. The molecule has 0 saturated carbocycles. The SMILES string of the molecule is CN(CCO)c1ccc(NCc2ccncc2)nc1. The molecular formula is C14H18N4O. The molecule has 0 atom stereocenters. The molecular weight excluding hydrogens is 240 g/mol. The lowest BCUT2D eigenvalue weighted by Crippen LogP contribution is -2.21. The van der Waals surface area contributed by atoms with Gasteiger partial charge in [-0.1, -0.05) is 0 Å². The van der Waals surface area contributed by atoms with Gasteiger partial charge >= 0.3 is 0 Å². The molecule has 19 heavy (non-hydrogen) atoms. The molecule has 2 rings (SSSR count). The zero-order valence-corrected chi connectivity index (χ0v) is 11.0. The highest BCUT2D eigenvalue weighted by Crippen LogP contribution is 2.13. The van der Waals surface area contributed by atoms with Crippen LogP contribution in [0.25, 0.3) is 0 Å². The Hall–Kier alpha value is -2.14. The van der Waals surface area contributed by atoms with Gasteiger partial charge in [0.1, 0.15) is 5.82 Å². The summed E-state index contributed by atoms with van der Waals surface area (Å²) in [6.07, 6.45) is 5.35. The number of likely N-dealkylation sites (N-methyl/N-ethyl adjacent to an activating group) is 1. The summed E-state index contributed by atoms with van der Waals surface area (Å²) in [5, 5.41) is 12.1. The zero-order chi connectivity index (χ0) is 13.5. The Morgan fingerprint density at radius 1 is 1.21 bits per heavy atom. The van der Waals surface area contributed by atoms with Crippen LogP contribution in [0.2, 0.25) is 0 Å². The van der Waals surface area contributed by atoms with Crippen molar-refractivity contribution in [3.8, 4) is 0 Å². The maximum absolute atomic E-state index is 8.88. The van der Waals surface area contributed by atoms with E-state index in [-0.39, 0.29) is 6.61 Å². The Morgan fingerprint density at radius 2 is 2.00 bits per heavy atom. The average Bonchev–Trinajstić information content (AvgIpc) is 2.47. The van der Waals surface area contributed by atoms with Crippen LogP contribution in [0, 0.1) is 0 Å². The Morgan fingerprint density at radius 3 is 2.63 bits per heavy atom. The minimum absolute atomic E-state index is 0.137. The molecule has 2 N–H and O–H groups in total. The summed E-state index contributed by atoms with van der Waals surface area (Å²) >= 11 is 0. The molecule has 0 aliphatic heterocycles. The largest absolute Gasteiger partial charge is 0.395 e. The van der Waals surface area contributed by atoms with E-state index in [4.69, 9.17) is 5.11 Å². The normalized spacial score (nSPS) is 10.2. The number of anilines is 2. The lowest BCUT2D eigenvalue weighted by molar-refractivity contribution is 0.304. The Kier molecular flexibility index (Phi) is 4.69. The summed E-state index contributed by atoms with van der Waals surface area (Å²) in [4.78, 5) is 10.3. The van der Waals surface area contributed by atoms with Crippen LogP contribution in [0.15, 0.2) is 42.9 Å². The number of nitrogens with zero attached hydrogens (tertiary/aromatic N) is 3. The molecule has 100 valence electrons. The highest BCUT2D eigenvalue weighted by Gasteiger charge is 2.01. The number of aliphatic hydroxyl groups excluding tert-OH is 1. The van der Waals surface area contributed by atoms with Gasteiger partial charge in [0.05, 0.1) is 18.5 Å². The monoisotopic (exact) mass is 258 g/mol. The number of pyridine rings is 2. The molecule has 5 heteroatoms. The molecule has 0 unspecified atom stereocenters. The van der Waals surface area contributed by atoms with Crippen molar-refractivity contribution in [1.29, 1.82) is 0 Å². The summed E-state index contributed by atoms with van der Waals surface area (Å²) in [7, 11) is 1.93. The summed E-state index contributed by atoms with van der Waals surface area (Å²) in [6, 6.07) is 7.86. The van der Waals surface area contributed by atoms with E-state index in [1.54, 1.807) is 18.6 Å². The zero-order valence-electron chi connectivity index (χ0n) is 11.0. The molecule has 0 aliphatic rings. The fraction of sp³-hybridized carbons (Fsp3) is 0.286. The first kappa shape index (κ1) is 13.3. The van der Waals surface area contributed by atoms with E-state index in [0.29, 0.717) is 6.54 Å². The third kappa shape index (κ3) is 3.93. The van der Waals surface area contributed by atoms with Crippen molar-refractivity contribution >= 4 is 11.5 Å². The minimum atomic E-state index is 0.137. The van der Waals surface area contributed by atoms with Crippen LogP contribution < -0.4 is 10.2 Å². The van der Waals surface area contributed by atoms with Crippen molar-refractivity contribution < 1.29 is 5.11 Å². The standard InChI is InChI=1S/C14H18N4O/c1-18(8-9-19)13-2-3-14(17-11-13)16-10-12-4-6-15-7-5-12/h2-7,11,19H,8-10H2,1H3,(H,16,17). The third-order valence-corrected chi connectivity index (χ3v) is 2.85. The van der Waals surface area contributed by atoms with Crippen LogP contribution in [0.1, 0.15) is 5.56 Å². The minimum Gasteiger partial charge on any atom is -0.395 e. The maximum Gasteiger partial charge on any atom is 0.126 e. The van der Waals surface area contributed by atoms with Gasteiger partial charge in [-0.2, -0.15) is 0 Å². The molecule has 0 aliphatic carbocycles. The van der Waals surface area contributed by atoms with E-state index in [2.05, 4.69) is 15.3 Å². The van der Waals surface area contributed by atoms with Gasteiger partial charge < -0.3 is 15.3 Å². The Labute approximate surface area is 112 Å². The van der Waals surface area contributed by atoms with E-state index in [1.165, 1.54) is 5.56 Å². The van der Waals surface area contributed by atoms with E-state index >= 15 is 0 Å². The predicted octanol–water partition coefficient (Wildman–Crippen LogP) is 1.52. The van der Waals surface area contributed by atoms with Gasteiger partial charge in [0.25, 0.3) is 0 Å². The predicted molar refractivity (Wildman–Crippen MR) is 76.2 cm³/mol. The summed E-state index contributed by atoms with van der Waals surface area (Å²) in [5.74, 6) is 0.831. The summed E-state index contributed by atoms with van der Waals surface area (Å²) in [5.41, 5.74) is 2.15. The first-order valence-electron chi connectivity index (χ1n) is 6.20. The molecule has 5 nitrogen and oxygen atoms in total. The second-order valence-electron chi connectivity index (χ2n) is 4.26. The van der Waals surface area contributed by atoms with Gasteiger partial charge in [-0.15, -0.1) is 0 Å². The van der Waals surface area contributed by atoms with Gasteiger partial charge in [-0.3, -0.25) is 4.98 Å². The molecule has 0 fully saturated rings. The van der Waals surface area contributed by atoms with Crippen LogP contribution >= 0.6 is 0 Å². The number of aliphatic hydroxyl groups is 1. The first-order valence-corrected chi connectivity index (χ1v) is 6.20. The van der Waals surface area contributed by atoms with Crippen molar-refractivity contribution in [2.24, 2.45) is 0 Å². The number of rotatable bonds is 6. The molecule has 0 bridgehead atoms.